The van der Waals surface area contributed by atoms with E-state index in [2.05, 4.69) is 11.3 Å². The molecule has 0 fully saturated rings. The summed E-state index contributed by atoms with van der Waals surface area (Å²) in [5.74, 6) is 0. The van der Waals surface area contributed by atoms with Crippen LogP contribution in [0, 0.1) is 0 Å². The molecule has 8 heavy (non-hydrogen) atoms. The maximum atomic E-state index is 3.01. The van der Waals surface area contributed by atoms with Crippen LogP contribution in [0.1, 0.15) is 13.3 Å². The van der Waals surface area contributed by atoms with Crippen molar-refractivity contribution in [2.75, 3.05) is 0 Å². The Morgan fingerprint density at radius 1 is 1.12 bits per heavy atom. The standard InChI is InChI=1S/C3H5.5W/c1-3-2;;;;;/h3H2,1H3;;;;;/q-1;;;;;. The molecule has 0 spiro atoms. The summed E-state index contributed by atoms with van der Waals surface area (Å²) in [5, 5.41) is 0. The third kappa shape index (κ3) is 34.6. The molecule has 0 aromatic heterocycles. The fourth-order valence-corrected chi connectivity index (χ4v) is 0. The molecule has 0 bridgehead atoms. The van der Waals surface area contributed by atoms with Gasteiger partial charge >= 0.3 is 102 Å². The van der Waals surface area contributed by atoms with Gasteiger partial charge in [-0.05, 0) is 0 Å². The average molecular weight is 960 g/mol. The summed E-state index contributed by atoms with van der Waals surface area (Å²) in [4.78, 5) is 0. The van der Waals surface area contributed by atoms with Crippen LogP contribution < -0.4 is 0 Å². The molecular weight excluding hydrogens is 955 g/mol. The first kappa shape index (κ1) is 17.4. The van der Waals surface area contributed by atoms with Crippen LogP contribution in [0.15, 0.2) is 0 Å². The number of rotatable bonds is 1. The van der Waals surface area contributed by atoms with E-state index < -0.39 is 0 Å². The molecule has 48 valence electrons. The Bertz CT molecular complexity index is 34.7. The monoisotopic (exact) mass is 961 g/mol. The van der Waals surface area contributed by atoms with E-state index in [9.17, 15) is 0 Å². The van der Waals surface area contributed by atoms with Crippen LogP contribution in [-0.4, -0.2) is 4.40 Å². The van der Waals surface area contributed by atoms with E-state index in [1.54, 1.807) is 64.9 Å². The summed E-state index contributed by atoms with van der Waals surface area (Å²) < 4.78 is 3.01. The van der Waals surface area contributed by atoms with Gasteiger partial charge in [-0.3, -0.25) is 0 Å². The van der Waals surface area contributed by atoms with Gasteiger partial charge < -0.3 is 0 Å². The Morgan fingerprint density at radius 2 is 1.25 bits per heavy atom. The number of hydrogen-bond donors (Lipinski definition) is 0. The van der Waals surface area contributed by atoms with Crippen LogP contribution >= 0.6 is 0 Å². The van der Waals surface area contributed by atoms with Crippen molar-refractivity contribution < 1.29 is 84.2 Å². The number of hydrogen-bond acceptors (Lipinski definition) is 0. The van der Waals surface area contributed by atoms with Crippen LogP contribution in [0.5, 0.6) is 0 Å². The molecule has 0 saturated carbocycles. The molecule has 0 nitrogen and oxygen atoms in total. The molecule has 0 rings (SSSR count). The van der Waals surface area contributed by atoms with E-state index in [1.165, 1.54) is 19.4 Å². The van der Waals surface area contributed by atoms with Crippen molar-refractivity contribution in [3.05, 3.63) is 0 Å². The molecule has 0 saturated heterocycles. The summed E-state index contributed by atoms with van der Waals surface area (Å²) in [5.41, 5.74) is 0. The summed E-state index contributed by atoms with van der Waals surface area (Å²) in [7, 11) is 0. The predicted molar refractivity (Wildman–Crippen MR) is 15.3 cm³/mol. The minimum atomic E-state index is 1.11. The fraction of sp³-hybridized carbons (Fsp3) is 0.667. The Balaban J connectivity index is -0.0000000542. The second-order valence-electron chi connectivity index (χ2n) is 0.498. The van der Waals surface area contributed by atoms with Crippen molar-refractivity contribution in [2.45, 2.75) is 13.3 Å². The second kappa shape index (κ2) is 31.7. The Morgan fingerprint density at radius 3 is 1.25 bits per heavy atom. The van der Waals surface area contributed by atoms with Crippen molar-refractivity contribution in [2.24, 2.45) is 0 Å². The third-order valence-corrected chi connectivity index (χ3v) is 1.18. The van der Waals surface area contributed by atoms with Crippen LogP contribution in [-0.2, 0) is 84.2 Å². The molecule has 0 amide bonds. The zero-order chi connectivity index (χ0) is 7.41. The molecule has 0 atom stereocenters. The van der Waals surface area contributed by atoms with Crippen molar-refractivity contribution in [3.63, 3.8) is 0 Å². The van der Waals surface area contributed by atoms with E-state index >= 15 is 0 Å². The van der Waals surface area contributed by atoms with Crippen molar-refractivity contribution in [1.82, 2.24) is 0 Å². The Hall–Kier alpha value is 3.31. The minimum absolute atomic E-state index is 1.11. The first-order chi connectivity index (χ1) is 3.91. The van der Waals surface area contributed by atoms with Crippen LogP contribution in [0.2, 0.25) is 0 Å². The summed E-state index contributed by atoms with van der Waals surface area (Å²) in [6.45, 7) is 2.09. The van der Waals surface area contributed by atoms with E-state index in [0.717, 1.165) is 6.42 Å². The van der Waals surface area contributed by atoms with Gasteiger partial charge in [-0.25, -0.2) is 0 Å². The van der Waals surface area contributed by atoms with Gasteiger partial charge in [0, 0.05) is 0 Å². The quantitative estimate of drug-likeness (QED) is 0.339. The molecule has 0 aromatic carbocycles. The molecule has 0 unspecified atom stereocenters. The molecule has 0 radical (unpaired) electrons. The van der Waals surface area contributed by atoms with E-state index in [1.807, 2.05) is 0 Å². The Kier molecular flexibility index (Phi) is 69.0. The Labute approximate surface area is 99.8 Å². The second-order valence-corrected chi connectivity index (χ2v) is 1.54. The molecule has 0 aliphatic heterocycles. The van der Waals surface area contributed by atoms with Crippen molar-refractivity contribution in [3.8, 4) is 0 Å². The summed E-state index contributed by atoms with van der Waals surface area (Å²) >= 11 is 8.12. The van der Waals surface area contributed by atoms with Crippen LogP contribution in [0.3, 0.4) is 0 Å². The molecule has 0 aliphatic rings. The molecule has 5 heteroatoms. The van der Waals surface area contributed by atoms with Gasteiger partial charge in [0.2, 0.25) is 0 Å². The third-order valence-electron chi connectivity index (χ3n) is 0.144. The van der Waals surface area contributed by atoms with Gasteiger partial charge in [0.25, 0.3) is 0 Å². The first-order valence-electron chi connectivity index (χ1n) is 1.60. The molecule has 0 N–H and O–H groups in total. The maximum absolute atomic E-state index is 3.01. The van der Waals surface area contributed by atoms with Gasteiger partial charge in [-0.15, -0.1) is 0 Å². The first-order valence-corrected chi connectivity index (χ1v) is 25.1. The predicted octanol–water partition coefficient (Wildman–Crippen LogP) is 0.612. The van der Waals surface area contributed by atoms with Crippen LogP contribution in [0.4, 0.5) is 0 Å². The van der Waals surface area contributed by atoms with Crippen molar-refractivity contribution in [1.29, 1.82) is 0 Å². The molecular formula is C3H5W5-. The van der Waals surface area contributed by atoms with E-state index in [4.69, 9.17) is 0 Å². The zero-order valence-electron chi connectivity index (χ0n) is 4.25. The fourth-order valence-electron chi connectivity index (χ4n) is 0. The SMILES string of the molecule is CC[C-]=[W].[W]=[W].[W]=[W]. The van der Waals surface area contributed by atoms with E-state index in [-0.39, 0.29) is 0 Å². The van der Waals surface area contributed by atoms with Crippen molar-refractivity contribution >= 4 is 4.40 Å². The summed E-state index contributed by atoms with van der Waals surface area (Å²) in [6.07, 6.45) is 1.11. The molecule has 0 aliphatic carbocycles. The van der Waals surface area contributed by atoms with E-state index in [0.29, 0.717) is 0 Å². The van der Waals surface area contributed by atoms with Gasteiger partial charge in [-0.2, -0.15) is 0 Å². The van der Waals surface area contributed by atoms with Crippen LogP contribution in [0.25, 0.3) is 0 Å². The average Bonchev–Trinajstić information content (AvgIpc) is 1.96. The van der Waals surface area contributed by atoms with Gasteiger partial charge in [0.05, 0.1) is 0 Å². The van der Waals surface area contributed by atoms with Gasteiger partial charge in [-0.1, -0.05) is 0 Å². The zero-order valence-corrected chi connectivity index (χ0v) is 18.9. The van der Waals surface area contributed by atoms with Gasteiger partial charge in [0.1, 0.15) is 0 Å². The normalized spacial score (nSPS) is 4.12. The molecule has 0 aromatic rings. The van der Waals surface area contributed by atoms with Gasteiger partial charge in [0.15, 0.2) is 0 Å². The summed E-state index contributed by atoms with van der Waals surface area (Å²) in [6, 6.07) is 0. The molecule has 0 heterocycles. The topological polar surface area (TPSA) is 0 Å².